The van der Waals surface area contributed by atoms with Gasteiger partial charge in [-0.2, -0.15) is 5.10 Å². The van der Waals surface area contributed by atoms with E-state index in [4.69, 9.17) is 5.10 Å². The molecule has 170 valence electrons. The Balaban J connectivity index is 1.35. The molecule has 1 atom stereocenters. The molecule has 5 rings (SSSR count). The number of carbonyl (C=O) groups excluding carboxylic acids is 1. The summed E-state index contributed by atoms with van der Waals surface area (Å²) in [5, 5.41) is 4.83. The van der Waals surface area contributed by atoms with E-state index < -0.39 is 0 Å². The highest BCUT2D eigenvalue weighted by Crippen LogP contribution is 2.24. The third-order valence-electron chi connectivity index (χ3n) is 6.65. The summed E-state index contributed by atoms with van der Waals surface area (Å²) in [5.74, 6) is 0.102. The van der Waals surface area contributed by atoms with Gasteiger partial charge in [0.05, 0.1) is 6.54 Å². The van der Waals surface area contributed by atoms with Crippen molar-refractivity contribution < 1.29 is 4.79 Å². The molecular formula is C27H31N5O. The lowest BCUT2D eigenvalue weighted by Crippen LogP contribution is -2.41. The minimum atomic E-state index is 0.102. The molecule has 0 bridgehead atoms. The molecule has 1 aromatic carbocycles. The van der Waals surface area contributed by atoms with Crippen molar-refractivity contribution in [2.45, 2.75) is 38.3 Å². The molecule has 1 unspecified atom stereocenters. The van der Waals surface area contributed by atoms with Crippen LogP contribution in [-0.4, -0.2) is 62.7 Å². The Bertz CT molecular complexity index is 1090. The normalized spacial score (nSPS) is 19.0. The molecule has 0 spiro atoms. The van der Waals surface area contributed by atoms with Gasteiger partial charge in [-0.15, -0.1) is 0 Å². The van der Waals surface area contributed by atoms with Gasteiger partial charge in [0.25, 0.3) is 0 Å². The summed E-state index contributed by atoms with van der Waals surface area (Å²) in [6, 6.07) is 14.5. The second-order valence-corrected chi connectivity index (χ2v) is 9.03. The summed E-state index contributed by atoms with van der Waals surface area (Å²) in [7, 11) is 0. The van der Waals surface area contributed by atoms with Crippen molar-refractivity contribution in [3.05, 3.63) is 78.3 Å². The average Bonchev–Trinajstić information content (AvgIpc) is 3.61. The van der Waals surface area contributed by atoms with Crippen LogP contribution in [0, 0.1) is 0 Å². The van der Waals surface area contributed by atoms with Gasteiger partial charge in [-0.05, 0) is 62.5 Å². The molecule has 0 aliphatic carbocycles. The van der Waals surface area contributed by atoms with Crippen LogP contribution in [0.15, 0.2) is 67.1 Å². The molecule has 1 amide bonds. The molecule has 0 saturated carbocycles. The van der Waals surface area contributed by atoms with Crippen LogP contribution in [0.3, 0.4) is 0 Å². The fourth-order valence-electron chi connectivity index (χ4n) is 4.97. The number of likely N-dealkylation sites (tertiary alicyclic amines) is 2. The van der Waals surface area contributed by atoms with E-state index >= 15 is 0 Å². The number of benzene rings is 1. The number of aromatic nitrogens is 3. The maximum absolute atomic E-state index is 13.1. The largest absolute Gasteiger partial charge is 0.335 e. The van der Waals surface area contributed by atoms with Crippen LogP contribution in [0.5, 0.6) is 0 Å². The Hall–Kier alpha value is -3.25. The number of nitrogens with zero attached hydrogens (tertiary/aromatic N) is 5. The van der Waals surface area contributed by atoms with Gasteiger partial charge in [0, 0.05) is 54.9 Å². The second-order valence-electron chi connectivity index (χ2n) is 9.03. The maximum Gasteiger partial charge on any atom is 0.246 e. The Morgan fingerprint density at radius 3 is 2.67 bits per heavy atom. The first-order valence-corrected chi connectivity index (χ1v) is 12.0. The van der Waals surface area contributed by atoms with Gasteiger partial charge < -0.3 is 9.80 Å². The molecule has 6 heteroatoms. The van der Waals surface area contributed by atoms with Gasteiger partial charge in [-0.25, -0.2) is 0 Å². The number of pyridine rings is 1. The molecule has 6 nitrogen and oxygen atoms in total. The SMILES string of the molecule is O=C(/C=C/c1cn(Cc2ccccc2)nc1-c1cccnc1)N1CCCC1CN1CCCC1. The van der Waals surface area contributed by atoms with Gasteiger partial charge in [0.1, 0.15) is 5.69 Å². The number of carbonyl (C=O) groups is 1. The number of amides is 1. The first-order chi connectivity index (χ1) is 16.3. The van der Waals surface area contributed by atoms with Gasteiger partial charge in [0.2, 0.25) is 5.91 Å². The zero-order valence-corrected chi connectivity index (χ0v) is 19.0. The first kappa shape index (κ1) is 21.6. The predicted octanol–water partition coefficient (Wildman–Crippen LogP) is 4.09. The highest BCUT2D eigenvalue weighted by molar-refractivity contribution is 5.93. The third-order valence-corrected chi connectivity index (χ3v) is 6.65. The highest BCUT2D eigenvalue weighted by Gasteiger charge is 2.29. The molecule has 2 saturated heterocycles. The summed E-state index contributed by atoms with van der Waals surface area (Å²) in [6.07, 6.45) is 14.0. The molecule has 33 heavy (non-hydrogen) atoms. The van der Waals surface area contributed by atoms with E-state index in [1.165, 1.54) is 31.5 Å². The molecule has 2 aliphatic rings. The average molecular weight is 442 g/mol. The van der Waals surface area contributed by atoms with Crippen molar-refractivity contribution in [3.63, 3.8) is 0 Å². The molecule has 2 aromatic heterocycles. The van der Waals surface area contributed by atoms with Gasteiger partial charge in [-0.3, -0.25) is 14.5 Å². The van der Waals surface area contributed by atoms with Gasteiger partial charge in [0.15, 0.2) is 0 Å². The standard InChI is InChI=1S/C27H31N5O/c33-26(32-17-7-11-25(32)21-30-15-4-5-16-30)13-12-24-20-31(19-22-8-2-1-3-9-22)29-27(24)23-10-6-14-28-18-23/h1-3,6,8-10,12-14,18,20,25H,4-5,7,11,15-17,19,21H2/b13-12+. The monoisotopic (exact) mass is 441 g/mol. The summed E-state index contributed by atoms with van der Waals surface area (Å²) < 4.78 is 1.94. The molecule has 0 N–H and O–H groups in total. The van der Waals surface area contributed by atoms with Crippen molar-refractivity contribution in [1.82, 2.24) is 24.6 Å². The number of hydrogen-bond donors (Lipinski definition) is 0. The lowest BCUT2D eigenvalue weighted by atomic mass is 10.1. The molecular weight excluding hydrogens is 410 g/mol. The maximum atomic E-state index is 13.1. The van der Waals surface area contributed by atoms with Crippen LogP contribution in [0.2, 0.25) is 0 Å². The summed E-state index contributed by atoms with van der Waals surface area (Å²) in [6.45, 7) is 4.88. The van der Waals surface area contributed by atoms with Crippen LogP contribution in [-0.2, 0) is 11.3 Å². The van der Waals surface area contributed by atoms with Crippen LogP contribution >= 0.6 is 0 Å². The van der Waals surface area contributed by atoms with E-state index in [2.05, 4.69) is 26.9 Å². The van der Waals surface area contributed by atoms with Crippen molar-refractivity contribution in [1.29, 1.82) is 0 Å². The van der Waals surface area contributed by atoms with Crippen LogP contribution in [0.25, 0.3) is 17.3 Å². The van der Waals surface area contributed by atoms with Crippen molar-refractivity contribution in [2.24, 2.45) is 0 Å². The Kier molecular flexibility index (Phi) is 6.63. The minimum absolute atomic E-state index is 0.102. The Morgan fingerprint density at radius 2 is 1.88 bits per heavy atom. The molecule has 0 radical (unpaired) electrons. The van der Waals surface area contributed by atoms with E-state index in [1.807, 2.05) is 53.5 Å². The summed E-state index contributed by atoms with van der Waals surface area (Å²) in [4.78, 5) is 22.0. The second kappa shape index (κ2) is 10.1. The number of rotatable bonds is 7. The predicted molar refractivity (Wildman–Crippen MR) is 130 cm³/mol. The van der Waals surface area contributed by atoms with Crippen molar-refractivity contribution >= 4 is 12.0 Å². The molecule has 2 aliphatic heterocycles. The van der Waals surface area contributed by atoms with Crippen LogP contribution < -0.4 is 0 Å². The van der Waals surface area contributed by atoms with E-state index in [0.717, 1.165) is 42.8 Å². The molecule has 4 heterocycles. The quantitative estimate of drug-likeness (QED) is 0.518. The highest BCUT2D eigenvalue weighted by atomic mass is 16.2. The number of hydrogen-bond acceptors (Lipinski definition) is 4. The fraction of sp³-hybridized carbons (Fsp3) is 0.370. The van der Waals surface area contributed by atoms with Crippen molar-refractivity contribution in [3.8, 4) is 11.3 Å². The van der Waals surface area contributed by atoms with E-state index in [0.29, 0.717) is 12.6 Å². The Labute approximate surface area is 195 Å². The Morgan fingerprint density at radius 1 is 1.03 bits per heavy atom. The van der Waals surface area contributed by atoms with Crippen molar-refractivity contribution in [2.75, 3.05) is 26.2 Å². The zero-order valence-electron chi connectivity index (χ0n) is 19.0. The lowest BCUT2D eigenvalue weighted by Gasteiger charge is -2.27. The van der Waals surface area contributed by atoms with Crippen LogP contribution in [0.4, 0.5) is 0 Å². The van der Waals surface area contributed by atoms with Gasteiger partial charge >= 0.3 is 0 Å². The van der Waals surface area contributed by atoms with E-state index in [1.54, 1.807) is 12.3 Å². The fourth-order valence-corrected chi connectivity index (χ4v) is 4.97. The zero-order chi connectivity index (χ0) is 22.5. The van der Waals surface area contributed by atoms with Gasteiger partial charge in [-0.1, -0.05) is 30.3 Å². The minimum Gasteiger partial charge on any atom is -0.335 e. The molecule has 3 aromatic rings. The van der Waals surface area contributed by atoms with E-state index in [9.17, 15) is 4.79 Å². The topological polar surface area (TPSA) is 54.3 Å². The first-order valence-electron chi connectivity index (χ1n) is 12.0. The molecule has 2 fully saturated rings. The lowest BCUT2D eigenvalue weighted by molar-refractivity contribution is -0.127. The third kappa shape index (κ3) is 5.22. The summed E-state index contributed by atoms with van der Waals surface area (Å²) in [5.41, 5.74) is 3.91. The van der Waals surface area contributed by atoms with Crippen LogP contribution in [0.1, 0.15) is 36.8 Å². The van der Waals surface area contributed by atoms with E-state index in [-0.39, 0.29) is 5.91 Å². The summed E-state index contributed by atoms with van der Waals surface area (Å²) >= 11 is 0. The smallest absolute Gasteiger partial charge is 0.246 e.